The summed E-state index contributed by atoms with van der Waals surface area (Å²) in [4.78, 5) is 30.5. The number of unbranched alkanes of at least 4 members (excludes halogenated alkanes) is 1. The van der Waals surface area contributed by atoms with Crippen LogP contribution in [0.25, 0.3) is 0 Å². The van der Waals surface area contributed by atoms with Crippen LogP contribution in [-0.4, -0.2) is 66.3 Å². The molecule has 3 fully saturated rings. The maximum absolute atomic E-state index is 13.4. The molecule has 3 saturated heterocycles. The molecule has 0 N–H and O–H groups in total. The second kappa shape index (κ2) is 7.76. The van der Waals surface area contributed by atoms with Crippen molar-refractivity contribution in [1.29, 1.82) is 0 Å². The minimum absolute atomic E-state index is 0.0383. The Kier molecular flexibility index (Phi) is 5.37. The molecule has 3 heterocycles. The SMILES string of the molecule is CCCCN1C(=O)C2(OCCCO2)C2C(C(=O)N3CCCCC3)=CC=CC21. The fourth-order valence-corrected chi connectivity index (χ4v) is 4.77. The van der Waals surface area contributed by atoms with Gasteiger partial charge in [0.15, 0.2) is 0 Å². The Balaban J connectivity index is 1.67. The normalized spacial score (nSPS) is 29.8. The van der Waals surface area contributed by atoms with Gasteiger partial charge < -0.3 is 19.3 Å². The first-order chi connectivity index (χ1) is 13.2. The highest BCUT2D eigenvalue weighted by Gasteiger charge is 2.64. The third-order valence-electron chi connectivity index (χ3n) is 6.15. The van der Waals surface area contributed by atoms with Crippen LogP contribution in [-0.2, 0) is 19.1 Å². The predicted molar refractivity (Wildman–Crippen MR) is 101 cm³/mol. The van der Waals surface area contributed by atoms with Crippen molar-refractivity contribution in [3.8, 4) is 0 Å². The Morgan fingerprint density at radius 2 is 1.93 bits per heavy atom. The molecule has 0 radical (unpaired) electrons. The highest BCUT2D eigenvalue weighted by atomic mass is 16.7. The quantitative estimate of drug-likeness (QED) is 0.757. The fraction of sp³-hybridized carbons (Fsp3) is 0.714. The van der Waals surface area contributed by atoms with Crippen molar-refractivity contribution < 1.29 is 19.1 Å². The van der Waals surface area contributed by atoms with Gasteiger partial charge in [-0.1, -0.05) is 31.6 Å². The lowest BCUT2D eigenvalue weighted by Gasteiger charge is -2.39. The maximum Gasteiger partial charge on any atom is 0.284 e. The topological polar surface area (TPSA) is 59.1 Å². The molecule has 1 aliphatic carbocycles. The van der Waals surface area contributed by atoms with E-state index in [9.17, 15) is 9.59 Å². The number of carbonyl (C=O) groups is 2. The highest BCUT2D eigenvalue weighted by molar-refractivity contribution is 5.99. The fourth-order valence-electron chi connectivity index (χ4n) is 4.77. The Morgan fingerprint density at radius 1 is 1.19 bits per heavy atom. The lowest BCUT2D eigenvalue weighted by Crippen LogP contribution is -2.53. The van der Waals surface area contributed by atoms with E-state index >= 15 is 0 Å². The monoisotopic (exact) mass is 374 g/mol. The third kappa shape index (κ3) is 3.13. The summed E-state index contributed by atoms with van der Waals surface area (Å²) in [6.07, 6.45) is 11.8. The molecule has 148 valence electrons. The first-order valence-electron chi connectivity index (χ1n) is 10.5. The molecule has 27 heavy (non-hydrogen) atoms. The lowest BCUT2D eigenvalue weighted by molar-refractivity contribution is -0.263. The van der Waals surface area contributed by atoms with E-state index in [1.165, 1.54) is 6.42 Å². The molecule has 4 rings (SSSR count). The maximum atomic E-state index is 13.4. The van der Waals surface area contributed by atoms with Gasteiger partial charge in [-0.05, 0) is 32.1 Å². The second-order valence-electron chi connectivity index (χ2n) is 7.90. The van der Waals surface area contributed by atoms with Crippen LogP contribution in [0.3, 0.4) is 0 Å². The van der Waals surface area contributed by atoms with Gasteiger partial charge in [-0.15, -0.1) is 0 Å². The summed E-state index contributed by atoms with van der Waals surface area (Å²) in [7, 11) is 0. The third-order valence-corrected chi connectivity index (χ3v) is 6.15. The molecule has 2 amide bonds. The van der Waals surface area contributed by atoms with Crippen molar-refractivity contribution in [1.82, 2.24) is 9.80 Å². The molecule has 6 nitrogen and oxygen atoms in total. The molecule has 0 saturated carbocycles. The molecule has 0 aromatic heterocycles. The summed E-state index contributed by atoms with van der Waals surface area (Å²) in [5.74, 6) is -1.80. The van der Waals surface area contributed by atoms with E-state index < -0.39 is 5.79 Å². The van der Waals surface area contributed by atoms with Crippen LogP contribution in [0.15, 0.2) is 23.8 Å². The standard InChI is InChI=1S/C21H30N2O4/c1-2-3-13-23-17-10-7-9-16(19(24)22-11-5-4-6-12-22)18(17)21(20(23)25)26-14-8-15-27-21/h7,9-10,17-18H,2-6,8,11-15H2,1H3. The van der Waals surface area contributed by atoms with Crippen molar-refractivity contribution in [2.45, 2.75) is 57.3 Å². The summed E-state index contributed by atoms with van der Waals surface area (Å²) in [5.41, 5.74) is 0.665. The van der Waals surface area contributed by atoms with E-state index in [-0.39, 0.29) is 23.8 Å². The molecule has 0 bridgehead atoms. The van der Waals surface area contributed by atoms with E-state index in [0.29, 0.717) is 25.3 Å². The van der Waals surface area contributed by atoms with Crippen LogP contribution in [0.5, 0.6) is 0 Å². The van der Waals surface area contributed by atoms with Gasteiger partial charge in [-0.2, -0.15) is 0 Å². The van der Waals surface area contributed by atoms with Crippen LogP contribution in [0.2, 0.25) is 0 Å². The van der Waals surface area contributed by atoms with Crippen molar-refractivity contribution in [2.75, 3.05) is 32.8 Å². The van der Waals surface area contributed by atoms with E-state index in [0.717, 1.165) is 45.2 Å². The molecule has 2 atom stereocenters. The number of rotatable bonds is 4. The van der Waals surface area contributed by atoms with E-state index in [1.807, 2.05) is 28.0 Å². The number of carbonyl (C=O) groups excluding carboxylic acids is 2. The smallest absolute Gasteiger partial charge is 0.284 e. The molecular formula is C21H30N2O4. The van der Waals surface area contributed by atoms with Gasteiger partial charge in [-0.25, -0.2) is 0 Å². The molecular weight excluding hydrogens is 344 g/mol. The molecule has 1 spiro atoms. The van der Waals surface area contributed by atoms with E-state index in [4.69, 9.17) is 9.47 Å². The number of likely N-dealkylation sites (tertiary alicyclic amines) is 2. The van der Waals surface area contributed by atoms with Crippen LogP contribution in [0, 0.1) is 5.92 Å². The molecule has 2 unspecified atom stereocenters. The van der Waals surface area contributed by atoms with Crippen LogP contribution in [0.4, 0.5) is 0 Å². The Labute approximate surface area is 161 Å². The first kappa shape index (κ1) is 18.7. The Bertz CT molecular complexity index is 645. The van der Waals surface area contributed by atoms with Crippen LogP contribution >= 0.6 is 0 Å². The molecule has 0 aromatic carbocycles. The van der Waals surface area contributed by atoms with Crippen molar-refractivity contribution in [3.05, 3.63) is 23.8 Å². The largest absolute Gasteiger partial charge is 0.342 e. The summed E-state index contributed by atoms with van der Waals surface area (Å²) in [6, 6.07) is -0.170. The zero-order valence-corrected chi connectivity index (χ0v) is 16.2. The summed E-state index contributed by atoms with van der Waals surface area (Å²) >= 11 is 0. The number of nitrogens with zero attached hydrogens (tertiary/aromatic N) is 2. The van der Waals surface area contributed by atoms with Gasteiger partial charge in [0.1, 0.15) is 0 Å². The summed E-state index contributed by atoms with van der Waals surface area (Å²) in [5, 5.41) is 0. The van der Waals surface area contributed by atoms with Crippen molar-refractivity contribution >= 4 is 11.8 Å². The van der Waals surface area contributed by atoms with Crippen LogP contribution < -0.4 is 0 Å². The number of piperidine rings is 1. The van der Waals surface area contributed by atoms with Crippen molar-refractivity contribution in [3.63, 3.8) is 0 Å². The number of amides is 2. The number of hydrogen-bond acceptors (Lipinski definition) is 4. The average Bonchev–Trinajstić information content (AvgIpc) is 2.95. The molecule has 4 aliphatic rings. The molecule has 0 aromatic rings. The van der Waals surface area contributed by atoms with E-state index in [2.05, 4.69) is 6.92 Å². The lowest BCUT2D eigenvalue weighted by atomic mass is 9.82. The molecule has 3 aliphatic heterocycles. The highest BCUT2D eigenvalue weighted by Crippen LogP contribution is 2.46. The van der Waals surface area contributed by atoms with Crippen LogP contribution in [0.1, 0.15) is 45.4 Å². The average molecular weight is 374 g/mol. The number of hydrogen-bond donors (Lipinski definition) is 0. The molecule has 6 heteroatoms. The van der Waals surface area contributed by atoms with Gasteiger partial charge in [0.2, 0.25) is 5.91 Å². The summed E-state index contributed by atoms with van der Waals surface area (Å²) < 4.78 is 12.1. The van der Waals surface area contributed by atoms with Crippen molar-refractivity contribution in [2.24, 2.45) is 5.92 Å². The predicted octanol–water partition coefficient (Wildman–Crippen LogP) is 2.26. The second-order valence-corrected chi connectivity index (χ2v) is 7.90. The van der Waals surface area contributed by atoms with Gasteiger partial charge in [0.25, 0.3) is 11.7 Å². The Morgan fingerprint density at radius 3 is 2.63 bits per heavy atom. The summed E-state index contributed by atoms with van der Waals surface area (Å²) in [6.45, 7) is 5.35. The first-order valence-corrected chi connectivity index (χ1v) is 10.5. The Hall–Kier alpha value is -1.66. The minimum Gasteiger partial charge on any atom is -0.342 e. The minimum atomic E-state index is -1.33. The number of allylic oxidation sites excluding steroid dienone is 2. The zero-order valence-electron chi connectivity index (χ0n) is 16.2. The number of ether oxygens (including phenoxy) is 2. The van der Waals surface area contributed by atoms with Gasteiger partial charge >= 0.3 is 0 Å². The van der Waals surface area contributed by atoms with Gasteiger partial charge in [-0.3, -0.25) is 9.59 Å². The zero-order chi connectivity index (χ0) is 18.9. The van der Waals surface area contributed by atoms with E-state index in [1.54, 1.807) is 0 Å². The van der Waals surface area contributed by atoms with Gasteiger partial charge in [0.05, 0.1) is 25.2 Å². The number of fused-ring (bicyclic) bond motifs is 2. The van der Waals surface area contributed by atoms with Gasteiger partial charge in [0, 0.05) is 25.2 Å².